The first-order chi connectivity index (χ1) is 3.41. The maximum atomic E-state index is 3.55. The zero-order valence-corrected chi connectivity index (χ0v) is 10.9. The van der Waals surface area contributed by atoms with Gasteiger partial charge in [-0.3, -0.25) is 0 Å². The molecule has 0 fully saturated rings. The molecule has 0 radical (unpaired) electrons. The zero-order valence-electron chi connectivity index (χ0n) is 9.35. The Morgan fingerprint density at radius 1 is 1.08 bits per heavy atom. The van der Waals surface area contributed by atoms with Crippen LogP contribution < -0.4 is 0 Å². The van der Waals surface area contributed by atoms with Crippen molar-refractivity contribution in [3.63, 3.8) is 0 Å². The van der Waals surface area contributed by atoms with Crippen molar-refractivity contribution in [1.82, 2.24) is 0 Å². The van der Waals surface area contributed by atoms with E-state index in [1.54, 1.807) is 6.08 Å². The van der Waals surface area contributed by atoms with Crippen LogP contribution in [0.5, 0.6) is 0 Å². The molecule has 0 rings (SSSR count). The van der Waals surface area contributed by atoms with E-state index >= 15 is 0 Å². The van der Waals surface area contributed by atoms with Gasteiger partial charge in [0.2, 0.25) is 0 Å². The van der Waals surface area contributed by atoms with Crippen molar-refractivity contribution < 1.29 is 21.7 Å². The summed E-state index contributed by atoms with van der Waals surface area (Å²) in [5.41, 5.74) is 0. The minimum atomic E-state index is 0. The van der Waals surface area contributed by atoms with Crippen LogP contribution in [-0.2, 0) is 21.7 Å². The van der Waals surface area contributed by atoms with E-state index in [0.29, 0.717) is 0 Å². The molecule has 0 heterocycles. The van der Waals surface area contributed by atoms with Crippen molar-refractivity contribution in [2.45, 2.75) is 19.8 Å². The normalized spacial score (nSPS) is 5.75. The van der Waals surface area contributed by atoms with E-state index in [4.69, 9.17) is 0 Å². The van der Waals surface area contributed by atoms with Crippen molar-refractivity contribution in [3.8, 4) is 0 Å². The van der Waals surface area contributed by atoms with Crippen LogP contribution in [0.25, 0.3) is 0 Å². The molecule has 0 N–H and O–H groups in total. The number of hydrogen-bond acceptors (Lipinski definition) is 0. The predicted molar refractivity (Wildman–Crippen MR) is 59.9 cm³/mol. The standard InChI is InChI=1S/C7H12.4CH3.Ti/c1-3-5-7-6-4-2;;;;;/h3,5,7H,1,4,6H2,2H3;4*1H3;/q;4*-1;+4. The van der Waals surface area contributed by atoms with E-state index in [0.717, 1.165) is 0 Å². The van der Waals surface area contributed by atoms with Gasteiger partial charge < -0.3 is 29.7 Å². The van der Waals surface area contributed by atoms with Crippen molar-refractivity contribution >= 4 is 0 Å². The monoisotopic (exact) mass is 204 g/mol. The summed E-state index contributed by atoms with van der Waals surface area (Å²) in [5.74, 6) is 0. The molecule has 0 saturated heterocycles. The van der Waals surface area contributed by atoms with Crippen LogP contribution in [0, 0.1) is 29.7 Å². The molecule has 72 valence electrons. The second kappa shape index (κ2) is 43.1. The molecule has 0 spiro atoms. The third kappa shape index (κ3) is 49.0. The molecule has 0 aromatic carbocycles. The van der Waals surface area contributed by atoms with Gasteiger partial charge in [-0.05, 0) is 6.42 Å². The van der Waals surface area contributed by atoms with Crippen molar-refractivity contribution in [2.75, 3.05) is 0 Å². The summed E-state index contributed by atoms with van der Waals surface area (Å²) in [4.78, 5) is 0. The topological polar surface area (TPSA) is 0 Å². The quantitative estimate of drug-likeness (QED) is 0.364. The van der Waals surface area contributed by atoms with Crippen molar-refractivity contribution in [3.05, 3.63) is 54.5 Å². The number of hydrogen-bond donors (Lipinski definition) is 0. The summed E-state index contributed by atoms with van der Waals surface area (Å²) in [6.45, 7) is 5.71. The molecule has 0 aliphatic heterocycles. The first kappa shape index (κ1) is 39.8. The Hall–Kier alpha value is 0.194. The molecule has 0 bridgehead atoms. The maximum Gasteiger partial charge on any atom is 4.00 e. The van der Waals surface area contributed by atoms with Gasteiger partial charge in [-0.15, -0.1) is 0 Å². The van der Waals surface area contributed by atoms with Gasteiger partial charge in [0.15, 0.2) is 0 Å². The third-order valence-corrected chi connectivity index (χ3v) is 0.728. The van der Waals surface area contributed by atoms with Crippen LogP contribution in [-0.4, -0.2) is 0 Å². The smallest absolute Gasteiger partial charge is 0.358 e. The number of unbranched alkanes of at least 4 members (excludes halogenated alkanes) is 1. The fourth-order valence-corrected chi connectivity index (χ4v) is 0.359. The summed E-state index contributed by atoms with van der Waals surface area (Å²) in [7, 11) is 0. The largest absolute Gasteiger partial charge is 4.00 e. The molecule has 0 nitrogen and oxygen atoms in total. The summed E-state index contributed by atoms with van der Waals surface area (Å²) in [5, 5.41) is 0. The Morgan fingerprint density at radius 3 is 1.75 bits per heavy atom. The summed E-state index contributed by atoms with van der Waals surface area (Å²) < 4.78 is 0. The van der Waals surface area contributed by atoms with Crippen molar-refractivity contribution in [2.24, 2.45) is 0 Å². The van der Waals surface area contributed by atoms with Crippen LogP contribution in [0.15, 0.2) is 24.8 Å². The average molecular weight is 204 g/mol. The summed E-state index contributed by atoms with van der Waals surface area (Å²) in [6, 6.07) is 0. The van der Waals surface area contributed by atoms with E-state index in [9.17, 15) is 0 Å². The average Bonchev–Trinajstić information content (AvgIpc) is 1.69. The molecular weight excluding hydrogens is 180 g/mol. The summed E-state index contributed by atoms with van der Waals surface area (Å²) in [6.07, 6.45) is 8.29. The fourth-order valence-electron chi connectivity index (χ4n) is 0.359. The van der Waals surface area contributed by atoms with E-state index in [1.807, 2.05) is 6.08 Å². The number of allylic oxidation sites excluding steroid dienone is 3. The van der Waals surface area contributed by atoms with Crippen LogP contribution in [0.3, 0.4) is 0 Å². The molecule has 12 heavy (non-hydrogen) atoms. The Balaban J connectivity index is -0.0000000180. The van der Waals surface area contributed by atoms with Crippen LogP contribution >= 0.6 is 0 Å². The molecular formula is C11H24Ti. The van der Waals surface area contributed by atoms with Gasteiger partial charge in [-0.25, -0.2) is 0 Å². The van der Waals surface area contributed by atoms with Crippen LogP contribution in [0.4, 0.5) is 0 Å². The molecule has 0 saturated carbocycles. The maximum absolute atomic E-state index is 3.55. The Morgan fingerprint density at radius 2 is 1.50 bits per heavy atom. The molecule has 0 aromatic rings. The van der Waals surface area contributed by atoms with Gasteiger partial charge in [0.25, 0.3) is 0 Å². The first-order valence-electron chi connectivity index (χ1n) is 2.69. The van der Waals surface area contributed by atoms with Gasteiger partial charge in [-0.1, -0.05) is 38.2 Å². The van der Waals surface area contributed by atoms with Gasteiger partial charge in [-0.2, -0.15) is 0 Å². The van der Waals surface area contributed by atoms with Gasteiger partial charge in [0.1, 0.15) is 0 Å². The first-order valence-corrected chi connectivity index (χ1v) is 2.69. The second-order valence-electron chi connectivity index (χ2n) is 1.45. The van der Waals surface area contributed by atoms with Gasteiger partial charge in [0, 0.05) is 0 Å². The minimum Gasteiger partial charge on any atom is -0.358 e. The predicted octanol–water partition coefficient (Wildman–Crippen LogP) is 4.33. The minimum absolute atomic E-state index is 0. The molecule has 0 aromatic heterocycles. The molecule has 1 heteroatoms. The zero-order chi connectivity index (χ0) is 5.54. The van der Waals surface area contributed by atoms with E-state index in [-0.39, 0.29) is 51.4 Å². The molecule has 0 unspecified atom stereocenters. The summed E-state index contributed by atoms with van der Waals surface area (Å²) >= 11 is 0. The molecule has 0 atom stereocenters. The van der Waals surface area contributed by atoms with E-state index in [2.05, 4.69) is 19.6 Å². The molecule has 0 aliphatic rings. The Kier molecular flexibility index (Phi) is 143. The van der Waals surface area contributed by atoms with Crippen LogP contribution in [0.2, 0.25) is 0 Å². The molecule has 0 amide bonds. The third-order valence-electron chi connectivity index (χ3n) is 0.728. The number of rotatable bonds is 3. The van der Waals surface area contributed by atoms with E-state index in [1.165, 1.54) is 12.8 Å². The van der Waals surface area contributed by atoms with Gasteiger partial charge >= 0.3 is 21.7 Å². The SMILES string of the molecule is C=CC=CCCC.[CH3-].[CH3-].[CH3-].[CH3-].[Ti+4]. The van der Waals surface area contributed by atoms with Crippen molar-refractivity contribution in [1.29, 1.82) is 0 Å². The Bertz CT molecular complexity index is 65.4. The Labute approximate surface area is 96.0 Å². The fraction of sp³-hybridized carbons (Fsp3) is 0.273. The van der Waals surface area contributed by atoms with Crippen LogP contribution in [0.1, 0.15) is 19.8 Å². The second-order valence-corrected chi connectivity index (χ2v) is 1.45. The van der Waals surface area contributed by atoms with E-state index < -0.39 is 0 Å². The molecule has 0 aliphatic carbocycles. The van der Waals surface area contributed by atoms with Gasteiger partial charge in [0.05, 0.1) is 0 Å².